The highest BCUT2D eigenvalue weighted by atomic mass is 79.9. The Bertz CT molecular complexity index is 1350. The summed E-state index contributed by atoms with van der Waals surface area (Å²) in [6.45, 7) is 12.3. The third-order valence-electron chi connectivity index (χ3n) is 5.93. The maximum atomic E-state index is 6.54. The van der Waals surface area contributed by atoms with Crippen molar-refractivity contribution in [3.05, 3.63) is 56.5 Å². The van der Waals surface area contributed by atoms with Gasteiger partial charge in [0.05, 0.1) is 37.2 Å². The van der Waals surface area contributed by atoms with Crippen molar-refractivity contribution in [2.24, 2.45) is 0 Å². The molecule has 4 nitrogen and oxygen atoms in total. The minimum atomic E-state index is -0.0466. The van der Waals surface area contributed by atoms with Gasteiger partial charge in [-0.2, -0.15) is 0 Å². The van der Waals surface area contributed by atoms with E-state index in [1.54, 1.807) is 14.2 Å². The SMILES string of the molecule is COc1cc(C)cc2c(Br)cc(-c3cc(Br)c4cc(C)cc(OC)c4c3OC(C)C)c(OC(C)C)c12. The Kier molecular flexibility index (Phi) is 7.77. The van der Waals surface area contributed by atoms with E-state index in [2.05, 4.69) is 70.0 Å². The highest BCUT2D eigenvalue weighted by Crippen LogP contribution is 2.52. The molecule has 0 aromatic heterocycles. The molecule has 4 aromatic carbocycles. The van der Waals surface area contributed by atoms with Gasteiger partial charge in [0.25, 0.3) is 0 Å². The van der Waals surface area contributed by atoms with Crippen molar-refractivity contribution in [2.75, 3.05) is 14.2 Å². The monoisotopic (exact) mass is 614 g/mol. The predicted molar refractivity (Wildman–Crippen MR) is 156 cm³/mol. The lowest BCUT2D eigenvalue weighted by molar-refractivity contribution is 0.242. The molecule has 36 heavy (non-hydrogen) atoms. The minimum absolute atomic E-state index is 0.0466. The number of hydrogen-bond acceptors (Lipinski definition) is 4. The van der Waals surface area contributed by atoms with Crippen LogP contribution in [0.3, 0.4) is 0 Å². The van der Waals surface area contributed by atoms with E-state index < -0.39 is 0 Å². The lowest BCUT2D eigenvalue weighted by Crippen LogP contribution is -2.10. The third kappa shape index (κ3) is 4.90. The van der Waals surface area contributed by atoms with E-state index in [1.807, 2.05) is 39.8 Å². The summed E-state index contributed by atoms with van der Waals surface area (Å²) in [5, 5.41) is 3.91. The molecule has 6 heteroatoms. The Morgan fingerprint density at radius 1 is 0.583 bits per heavy atom. The van der Waals surface area contributed by atoms with Gasteiger partial charge in [0, 0.05) is 30.8 Å². The van der Waals surface area contributed by atoms with Gasteiger partial charge in [0.2, 0.25) is 0 Å². The largest absolute Gasteiger partial charge is 0.496 e. The molecule has 0 radical (unpaired) electrons. The Morgan fingerprint density at radius 3 is 1.25 bits per heavy atom. The van der Waals surface area contributed by atoms with Crippen molar-refractivity contribution in [2.45, 2.75) is 53.8 Å². The number of fused-ring (bicyclic) bond motifs is 2. The van der Waals surface area contributed by atoms with Crippen molar-refractivity contribution < 1.29 is 18.9 Å². The Morgan fingerprint density at radius 2 is 0.944 bits per heavy atom. The maximum Gasteiger partial charge on any atom is 0.139 e. The first-order valence-corrected chi connectivity index (χ1v) is 13.6. The molecule has 0 fully saturated rings. The molecule has 4 aromatic rings. The zero-order chi connectivity index (χ0) is 26.3. The molecule has 0 unspecified atom stereocenters. The molecule has 190 valence electrons. The van der Waals surface area contributed by atoms with Crippen LogP contribution in [0.15, 0.2) is 45.3 Å². The number of hydrogen-bond donors (Lipinski definition) is 0. The fraction of sp³-hybridized carbons (Fsp3) is 0.333. The predicted octanol–water partition coefficient (Wildman–Crippen LogP) is 9.39. The molecule has 0 spiro atoms. The molecular formula is C30H32Br2O4. The molecule has 0 aliphatic carbocycles. The van der Waals surface area contributed by atoms with Crippen molar-refractivity contribution in [3.63, 3.8) is 0 Å². The number of methoxy groups -OCH3 is 2. The summed E-state index contributed by atoms with van der Waals surface area (Å²) in [5.41, 5.74) is 4.04. The minimum Gasteiger partial charge on any atom is -0.496 e. The Balaban J connectivity index is 2.22. The van der Waals surface area contributed by atoms with Gasteiger partial charge in [-0.3, -0.25) is 0 Å². The first-order valence-electron chi connectivity index (χ1n) is 12.0. The van der Waals surface area contributed by atoms with E-state index in [-0.39, 0.29) is 12.2 Å². The smallest absolute Gasteiger partial charge is 0.139 e. The molecule has 4 rings (SSSR count). The lowest BCUT2D eigenvalue weighted by Gasteiger charge is -2.24. The van der Waals surface area contributed by atoms with Crippen LogP contribution in [0.1, 0.15) is 38.8 Å². The standard InChI is InChI=1S/C30H32Br2O4/c1-15(2)35-29-19(13-23(31)21-9-17(5)11-25(33-7)27(21)29)20-14-24(32)22-10-18(6)12-26(34-8)28(22)30(20)36-16(3)4/h9-16H,1-8H3. The maximum absolute atomic E-state index is 6.54. The number of halogens is 2. The summed E-state index contributed by atoms with van der Waals surface area (Å²) in [6, 6.07) is 12.6. The van der Waals surface area contributed by atoms with E-state index in [0.717, 1.165) is 75.7 Å². The highest BCUT2D eigenvalue weighted by Gasteiger charge is 2.25. The van der Waals surface area contributed by atoms with E-state index in [1.165, 1.54) is 0 Å². The van der Waals surface area contributed by atoms with Crippen LogP contribution in [-0.2, 0) is 0 Å². The van der Waals surface area contributed by atoms with E-state index >= 15 is 0 Å². The zero-order valence-electron chi connectivity index (χ0n) is 22.0. The summed E-state index contributed by atoms with van der Waals surface area (Å²) in [5.74, 6) is 3.04. The van der Waals surface area contributed by atoms with Gasteiger partial charge in [0.15, 0.2) is 0 Å². The van der Waals surface area contributed by atoms with Crippen LogP contribution in [0, 0.1) is 13.8 Å². The van der Waals surface area contributed by atoms with Gasteiger partial charge >= 0.3 is 0 Å². The molecular weight excluding hydrogens is 584 g/mol. The average molecular weight is 616 g/mol. The van der Waals surface area contributed by atoms with Crippen LogP contribution < -0.4 is 18.9 Å². The van der Waals surface area contributed by atoms with Crippen LogP contribution in [0.4, 0.5) is 0 Å². The van der Waals surface area contributed by atoms with E-state index in [9.17, 15) is 0 Å². The molecule has 0 bridgehead atoms. The summed E-state index contributed by atoms with van der Waals surface area (Å²) in [6.07, 6.45) is -0.0932. The molecule has 0 aliphatic heterocycles. The van der Waals surface area contributed by atoms with Crippen LogP contribution in [0.25, 0.3) is 32.7 Å². The average Bonchev–Trinajstić information content (AvgIpc) is 2.81. The van der Waals surface area contributed by atoms with Gasteiger partial charge in [0.1, 0.15) is 23.0 Å². The van der Waals surface area contributed by atoms with Gasteiger partial charge < -0.3 is 18.9 Å². The van der Waals surface area contributed by atoms with Crippen molar-refractivity contribution in [3.8, 4) is 34.1 Å². The van der Waals surface area contributed by atoms with Gasteiger partial charge in [-0.15, -0.1) is 0 Å². The summed E-state index contributed by atoms with van der Waals surface area (Å²) < 4.78 is 26.7. The molecule has 0 atom stereocenters. The first-order chi connectivity index (χ1) is 17.0. The molecule has 0 N–H and O–H groups in total. The third-order valence-corrected chi connectivity index (χ3v) is 7.24. The number of benzene rings is 4. The zero-order valence-corrected chi connectivity index (χ0v) is 25.2. The Hall–Kier alpha value is -2.44. The van der Waals surface area contributed by atoms with Crippen LogP contribution in [0.2, 0.25) is 0 Å². The highest BCUT2D eigenvalue weighted by molar-refractivity contribution is 9.11. The first kappa shape index (κ1) is 26.6. The fourth-order valence-corrected chi connectivity index (χ4v) is 5.68. The molecule has 0 amide bonds. The van der Waals surface area contributed by atoms with Gasteiger partial charge in [-0.05, 0) is 89.1 Å². The summed E-state index contributed by atoms with van der Waals surface area (Å²) in [4.78, 5) is 0. The molecule has 0 saturated heterocycles. The summed E-state index contributed by atoms with van der Waals surface area (Å²) in [7, 11) is 3.39. The van der Waals surface area contributed by atoms with Crippen LogP contribution in [0.5, 0.6) is 23.0 Å². The second-order valence-corrected chi connectivity index (χ2v) is 11.3. The van der Waals surface area contributed by atoms with Crippen molar-refractivity contribution >= 4 is 53.4 Å². The second kappa shape index (κ2) is 10.5. The quantitative estimate of drug-likeness (QED) is 0.207. The summed E-state index contributed by atoms with van der Waals surface area (Å²) >= 11 is 7.67. The fourth-order valence-electron chi connectivity index (χ4n) is 4.60. The van der Waals surface area contributed by atoms with E-state index in [4.69, 9.17) is 18.9 Å². The number of rotatable bonds is 7. The molecule has 0 heterocycles. The Labute approximate surface area is 230 Å². The van der Waals surface area contributed by atoms with Gasteiger partial charge in [-0.25, -0.2) is 0 Å². The van der Waals surface area contributed by atoms with Crippen molar-refractivity contribution in [1.29, 1.82) is 0 Å². The molecule has 0 aliphatic rings. The number of aryl methyl sites for hydroxylation is 2. The topological polar surface area (TPSA) is 36.9 Å². The van der Waals surface area contributed by atoms with Crippen LogP contribution >= 0.6 is 31.9 Å². The van der Waals surface area contributed by atoms with E-state index in [0.29, 0.717) is 0 Å². The number of ether oxygens (including phenoxy) is 4. The van der Waals surface area contributed by atoms with Gasteiger partial charge in [-0.1, -0.05) is 31.9 Å². The lowest BCUT2D eigenvalue weighted by atomic mass is 9.94. The normalized spacial score (nSPS) is 11.6. The second-order valence-electron chi connectivity index (χ2n) is 9.58. The van der Waals surface area contributed by atoms with Crippen LogP contribution in [-0.4, -0.2) is 26.4 Å². The molecule has 0 saturated carbocycles. The van der Waals surface area contributed by atoms with Crippen molar-refractivity contribution in [1.82, 2.24) is 0 Å².